The van der Waals surface area contributed by atoms with Crippen LogP contribution >= 0.6 is 0 Å². The number of benzene rings is 1. The van der Waals surface area contributed by atoms with Gasteiger partial charge in [0.05, 0.1) is 18.4 Å². The number of rotatable bonds is 7. The molecular formula is C26H31N3O3. The number of hydrogen-bond donors (Lipinski definition) is 1. The predicted molar refractivity (Wildman–Crippen MR) is 124 cm³/mol. The molecule has 3 aromatic rings. The van der Waals surface area contributed by atoms with Crippen LogP contribution in [0.25, 0.3) is 0 Å². The zero-order chi connectivity index (χ0) is 22.5. The Hall–Kier alpha value is -3.28. The van der Waals surface area contributed by atoms with Crippen LogP contribution in [-0.4, -0.2) is 40.4 Å². The van der Waals surface area contributed by atoms with E-state index in [2.05, 4.69) is 9.88 Å². The summed E-state index contributed by atoms with van der Waals surface area (Å²) in [6.45, 7) is 5.94. The zero-order valence-corrected chi connectivity index (χ0v) is 18.8. The SMILES string of the molecule is Cc1cc(C(=O)N2CCC(NC(=O)CCc3ccccc3)CC2)c(C)n1Cc1ccco1. The normalized spacial score (nSPS) is 14.5. The van der Waals surface area contributed by atoms with Crippen molar-refractivity contribution < 1.29 is 14.0 Å². The van der Waals surface area contributed by atoms with E-state index < -0.39 is 0 Å². The fraction of sp³-hybridized carbons (Fsp3) is 0.385. The van der Waals surface area contributed by atoms with E-state index in [1.165, 1.54) is 5.56 Å². The molecule has 1 aliphatic heterocycles. The molecule has 0 unspecified atom stereocenters. The van der Waals surface area contributed by atoms with E-state index in [0.717, 1.165) is 42.0 Å². The summed E-state index contributed by atoms with van der Waals surface area (Å²) in [5.41, 5.74) is 3.93. The van der Waals surface area contributed by atoms with Crippen LogP contribution < -0.4 is 5.32 Å². The number of carbonyl (C=O) groups is 2. The Balaban J connectivity index is 1.28. The first-order chi connectivity index (χ1) is 15.5. The smallest absolute Gasteiger partial charge is 0.255 e. The largest absolute Gasteiger partial charge is 0.467 e. The van der Waals surface area contributed by atoms with Crippen molar-refractivity contribution in [2.24, 2.45) is 0 Å². The molecular weight excluding hydrogens is 402 g/mol. The molecule has 3 heterocycles. The van der Waals surface area contributed by atoms with Crippen LogP contribution in [0, 0.1) is 13.8 Å². The molecule has 1 fully saturated rings. The topological polar surface area (TPSA) is 67.5 Å². The quantitative estimate of drug-likeness (QED) is 0.610. The molecule has 2 amide bonds. The second kappa shape index (κ2) is 9.90. The number of nitrogens with zero attached hydrogens (tertiary/aromatic N) is 2. The van der Waals surface area contributed by atoms with Gasteiger partial charge in [0.2, 0.25) is 5.91 Å². The minimum absolute atomic E-state index is 0.0673. The lowest BCUT2D eigenvalue weighted by Crippen LogP contribution is -2.46. The van der Waals surface area contributed by atoms with Gasteiger partial charge in [0.1, 0.15) is 5.76 Å². The molecule has 1 aliphatic rings. The van der Waals surface area contributed by atoms with Gasteiger partial charge in [0.15, 0.2) is 0 Å². The van der Waals surface area contributed by atoms with Crippen LogP contribution in [0.5, 0.6) is 0 Å². The number of carbonyl (C=O) groups excluding carboxylic acids is 2. The van der Waals surface area contributed by atoms with E-state index >= 15 is 0 Å². The molecule has 1 aromatic carbocycles. The minimum Gasteiger partial charge on any atom is -0.467 e. The number of furan rings is 1. The molecule has 0 atom stereocenters. The number of amides is 2. The summed E-state index contributed by atoms with van der Waals surface area (Å²) >= 11 is 0. The second-order valence-corrected chi connectivity index (χ2v) is 8.57. The third kappa shape index (κ3) is 5.13. The maximum absolute atomic E-state index is 13.2. The van der Waals surface area contributed by atoms with E-state index in [1.54, 1.807) is 6.26 Å². The highest BCUT2D eigenvalue weighted by molar-refractivity contribution is 5.95. The van der Waals surface area contributed by atoms with Crippen LogP contribution in [0.2, 0.25) is 0 Å². The number of aromatic nitrogens is 1. The van der Waals surface area contributed by atoms with Gasteiger partial charge in [-0.15, -0.1) is 0 Å². The Morgan fingerprint density at radius 1 is 1.06 bits per heavy atom. The van der Waals surface area contributed by atoms with Gasteiger partial charge >= 0.3 is 0 Å². The van der Waals surface area contributed by atoms with Crippen molar-refractivity contribution in [2.45, 2.75) is 52.1 Å². The molecule has 0 radical (unpaired) electrons. The molecule has 0 spiro atoms. The summed E-state index contributed by atoms with van der Waals surface area (Å²) in [6.07, 6.45) is 4.48. The lowest BCUT2D eigenvalue weighted by Gasteiger charge is -2.32. The van der Waals surface area contributed by atoms with E-state index in [4.69, 9.17) is 4.42 Å². The summed E-state index contributed by atoms with van der Waals surface area (Å²) in [5.74, 6) is 1.02. The van der Waals surface area contributed by atoms with Crippen LogP contribution in [0.1, 0.15) is 52.3 Å². The summed E-state index contributed by atoms with van der Waals surface area (Å²) < 4.78 is 7.59. The first-order valence-electron chi connectivity index (χ1n) is 11.3. The van der Waals surface area contributed by atoms with Gasteiger partial charge in [-0.2, -0.15) is 0 Å². The Labute approximate surface area is 189 Å². The average molecular weight is 434 g/mol. The Kier molecular flexibility index (Phi) is 6.78. The van der Waals surface area contributed by atoms with Gasteiger partial charge in [0, 0.05) is 36.9 Å². The fourth-order valence-corrected chi connectivity index (χ4v) is 4.42. The Morgan fingerprint density at radius 2 is 1.81 bits per heavy atom. The molecule has 2 aromatic heterocycles. The van der Waals surface area contributed by atoms with Crippen molar-refractivity contribution in [3.63, 3.8) is 0 Å². The van der Waals surface area contributed by atoms with Crippen LogP contribution in [-0.2, 0) is 17.8 Å². The molecule has 1 N–H and O–H groups in total. The monoisotopic (exact) mass is 433 g/mol. The Morgan fingerprint density at radius 3 is 2.50 bits per heavy atom. The van der Waals surface area contributed by atoms with Crippen LogP contribution in [0.4, 0.5) is 0 Å². The maximum Gasteiger partial charge on any atom is 0.255 e. The molecule has 0 bridgehead atoms. The second-order valence-electron chi connectivity index (χ2n) is 8.57. The number of piperidine rings is 1. The number of aryl methyl sites for hydroxylation is 2. The number of likely N-dealkylation sites (tertiary alicyclic amines) is 1. The maximum atomic E-state index is 13.2. The van der Waals surface area contributed by atoms with Crippen LogP contribution in [0.15, 0.2) is 59.2 Å². The van der Waals surface area contributed by atoms with Gasteiger partial charge in [-0.05, 0) is 56.9 Å². The highest BCUT2D eigenvalue weighted by Gasteiger charge is 2.27. The molecule has 168 valence electrons. The highest BCUT2D eigenvalue weighted by atomic mass is 16.3. The molecule has 6 heteroatoms. The standard InChI is InChI=1S/C26H31N3O3/c1-19-17-24(20(2)29(19)18-23-9-6-16-32-23)26(31)28-14-12-22(13-15-28)27-25(30)11-10-21-7-4-3-5-8-21/h3-9,16-17,22H,10-15,18H2,1-2H3,(H,27,30). The van der Waals surface area contributed by atoms with Crippen molar-refractivity contribution in [2.75, 3.05) is 13.1 Å². The van der Waals surface area contributed by atoms with E-state index in [-0.39, 0.29) is 17.9 Å². The molecule has 1 saturated heterocycles. The van der Waals surface area contributed by atoms with Gasteiger partial charge in [-0.3, -0.25) is 9.59 Å². The van der Waals surface area contributed by atoms with Crippen molar-refractivity contribution in [3.8, 4) is 0 Å². The molecule has 0 saturated carbocycles. The summed E-state index contributed by atoms with van der Waals surface area (Å²) in [7, 11) is 0. The first-order valence-corrected chi connectivity index (χ1v) is 11.3. The summed E-state index contributed by atoms with van der Waals surface area (Å²) in [6, 6.07) is 16.0. The zero-order valence-electron chi connectivity index (χ0n) is 18.8. The third-order valence-corrected chi connectivity index (χ3v) is 6.33. The number of nitrogens with one attached hydrogen (secondary N) is 1. The van der Waals surface area contributed by atoms with E-state index in [0.29, 0.717) is 26.1 Å². The van der Waals surface area contributed by atoms with Gasteiger partial charge in [-0.1, -0.05) is 30.3 Å². The fourth-order valence-electron chi connectivity index (χ4n) is 4.42. The van der Waals surface area contributed by atoms with E-state index in [9.17, 15) is 9.59 Å². The van der Waals surface area contributed by atoms with Crippen molar-refractivity contribution in [3.05, 3.63) is 83.1 Å². The molecule has 6 nitrogen and oxygen atoms in total. The van der Waals surface area contributed by atoms with E-state index in [1.807, 2.05) is 67.3 Å². The first kappa shape index (κ1) is 21.9. The highest BCUT2D eigenvalue weighted by Crippen LogP contribution is 2.21. The van der Waals surface area contributed by atoms with Gasteiger partial charge < -0.3 is 19.2 Å². The van der Waals surface area contributed by atoms with Crippen molar-refractivity contribution in [1.29, 1.82) is 0 Å². The van der Waals surface area contributed by atoms with Crippen molar-refractivity contribution >= 4 is 11.8 Å². The van der Waals surface area contributed by atoms with Crippen LogP contribution in [0.3, 0.4) is 0 Å². The van der Waals surface area contributed by atoms with Gasteiger partial charge in [0.25, 0.3) is 5.91 Å². The third-order valence-electron chi connectivity index (χ3n) is 6.33. The van der Waals surface area contributed by atoms with Crippen molar-refractivity contribution in [1.82, 2.24) is 14.8 Å². The average Bonchev–Trinajstić information content (AvgIpc) is 3.42. The van der Waals surface area contributed by atoms with Gasteiger partial charge in [-0.25, -0.2) is 0 Å². The molecule has 0 aliphatic carbocycles. The lowest BCUT2D eigenvalue weighted by molar-refractivity contribution is -0.122. The molecule has 32 heavy (non-hydrogen) atoms. The lowest BCUT2D eigenvalue weighted by atomic mass is 10.0. The summed E-state index contributed by atoms with van der Waals surface area (Å²) in [5, 5.41) is 3.15. The predicted octanol–water partition coefficient (Wildman–Crippen LogP) is 4.10. The molecule has 4 rings (SSSR count). The Bertz CT molecular complexity index is 1050. The summed E-state index contributed by atoms with van der Waals surface area (Å²) in [4.78, 5) is 27.4. The number of hydrogen-bond acceptors (Lipinski definition) is 3. The minimum atomic E-state index is 0.0673.